The predicted octanol–water partition coefficient (Wildman–Crippen LogP) is 3.09. The molecule has 1 aromatic carbocycles. The Balaban J connectivity index is 2.08. The van der Waals surface area contributed by atoms with Crippen LogP contribution in [0.25, 0.3) is 0 Å². The van der Waals surface area contributed by atoms with E-state index in [0.29, 0.717) is 19.1 Å². The lowest BCUT2D eigenvalue weighted by atomic mass is 10.0. The van der Waals surface area contributed by atoms with E-state index in [9.17, 15) is 9.59 Å². The molecule has 6 heteroatoms. The zero-order valence-electron chi connectivity index (χ0n) is 16.2. The zero-order valence-corrected chi connectivity index (χ0v) is 16.2. The molecule has 0 radical (unpaired) electrons. The third-order valence-corrected chi connectivity index (χ3v) is 3.76. The number of carbonyl (C=O) groups is 2. The minimum Gasteiger partial charge on any atom is -0.381 e. The van der Waals surface area contributed by atoms with Gasteiger partial charge < -0.3 is 20.1 Å². The molecular weight excluding hydrogens is 332 g/mol. The second-order valence-electron chi connectivity index (χ2n) is 6.49. The molecule has 0 fully saturated rings. The van der Waals surface area contributed by atoms with E-state index in [4.69, 9.17) is 9.47 Å². The summed E-state index contributed by atoms with van der Waals surface area (Å²) in [5, 5.41) is 5.48. The molecule has 0 aliphatic rings. The lowest BCUT2D eigenvalue weighted by Crippen LogP contribution is -2.30. The summed E-state index contributed by atoms with van der Waals surface area (Å²) < 4.78 is 10.6. The highest BCUT2D eigenvalue weighted by molar-refractivity contribution is 5.91. The first-order valence-corrected chi connectivity index (χ1v) is 9.35. The first kappa shape index (κ1) is 22.1. The van der Waals surface area contributed by atoms with Crippen molar-refractivity contribution in [3.63, 3.8) is 0 Å². The van der Waals surface area contributed by atoms with Crippen LogP contribution in [0.5, 0.6) is 0 Å². The van der Waals surface area contributed by atoms with Crippen LogP contribution < -0.4 is 10.6 Å². The summed E-state index contributed by atoms with van der Waals surface area (Å²) in [5.74, 6) is -0.0587. The number of anilines is 1. The number of rotatable bonds is 13. The Morgan fingerprint density at radius 3 is 2.27 bits per heavy atom. The standard InChI is InChI=1S/C20H32N2O4/c1-4-5-12-25-13-6-11-21-19(23)14-26-15-20(24)22-18-9-7-17(8-10-18)16(2)3/h7-10,16H,4-6,11-15H2,1-3H3,(H,21,23)(H,22,24). The van der Waals surface area contributed by atoms with Gasteiger partial charge in [0.2, 0.25) is 11.8 Å². The molecular formula is C20H32N2O4. The van der Waals surface area contributed by atoms with Crippen LogP contribution >= 0.6 is 0 Å². The van der Waals surface area contributed by atoms with Crippen molar-refractivity contribution in [1.29, 1.82) is 0 Å². The topological polar surface area (TPSA) is 76.7 Å². The van der Waals surface area contributed by atoms with E-state index in [0.717, 1.165) is 31.6 Å². The van der Waals surface area contributed by atoms with Gasteiger partial charge in [0.05, 0.1) is 0 Å². The number of hydrogen-bond acceptors (Lipinski definition) is 4. The second kappa shape index (κ2) is 13.3. The van der Waals surface area contributed by atoms with Crippen molar-refractivity contribution in [2.75, 3.05) is 38.3 Å². The molecule has 0 saturated carbocycles. The average Bonchev–Trinajstić information content (AvgIpc) is 2.61. The maximum Gasteiger partial charge on any atom is 0.250 e. The van der Waals surface area contributed by atoms with Gasteiger partial charge in [0.15, 0.2) is 0 Å². The normalized spacial score (nSPS) is 10.8. The van der Waals surface area contributed by atoms with E-state index >= 15 is 0 Å². The number of ether oxygens (including phenoxy) is 2. The summed E-state index contributed by atoms with van der Waals surface area (Å²) in [6.07, 6.45) is 2.94. The molecule has 0 atom stereocenters. The summed E-state index contributed by atoms with van der Waals surface area (Å²) in [6, 6.07) is 7.70. The van der Waals surface area contributed by atoms with Crippen molar-refractivity contribution in [3.8, 4) is 0 Å². The minimum atomic E-state index is -0.278. The number of carbonyl (C=O) groups excluding carboxylic acids is 2. The molecule has 0 aliphatic carbocycles. The SMILES string of the molecule is CCCCOCCCNC(=O)COCC(=O)Nc1ccc(C(C)C)cc1. The number of amides is 2. The van der Waals surface area contributed by atoms with E-state index in [1.807, 2.05) is 24.3 Å². The van der Waals surface area contributed by atoms with E-state index in [-0.39, 0.29) is 25.0 Å². The molecule has 26 heavy (non-hydrogen) atoms. The molecule has 0 saturated heterocycles. The highest BCUT2D eigenvalue weighted by Gasteiger charge is 2.06. The van der Waals surface area contributed by atoms with E-state index < -0.39 is 0 Å². The van der Waals surface area contributed by atoms with Gasteiger partial charge in [-0.25, -0.2) is 0 Å². The highest BCUT2D eigenvalue weighted by atomic mass is 16.5. The predicted molar refractivity (Wildman–Crippen MR) is 103 cm³/mol. The van der Waals surface area contributed by atoms with Crippen molar-refractivity contribution >= 4 is 17.5 Å². The van der Waals surface area contributed by atoms with Gasteiger partial charge in [-0.05, 0) is 36.5 Å². The van der Waals surface area contributed by atoms with Crippen LogP contribution in [0.2, 0.25) is 0 Å². The Kier molecular flexibility index (Phi) is 11.3. The average molecular weight is 364 g/mol. The molecule has 0 spiro atoms. The summed E-state index contributed by atoms with van der Waals surface area (Å²) in [4.78, 5) is 23.4. The number of hydrogen-bond donors (Lipinski definition) is 2. The van der Waals surface area contributed by atoms with Gasteiger partial charge in [0, 0.05) is 25.4 Å². The Hall–Kier alpha value is -1.92. The number of benzene rings is 1. The van der Waals surface area contributed by atoms with E-state index in [1.54, 1.807) is 0 Å². The molecule has 0 bridgehead atoms. The smallest absolute Gasteiger partial charge is 0.250 e. The summed E-state index contributed by atoms with van der Waals surface area (Å²) in [5.41, 5.74) is 1.93. The maximum atomic E-state index is 11.8. The monoisotopic (exact) mass is 364 g/mol. The van der Waals surface area contributed by atoms with Crippen molar-refractivity contribution in [2.24, 2.45) is 0 Å². The second-order valence-corrected chi connectivity index (χ2v) is 6.49. The third kappa shape index (κ3) is 10.2. The van der Waals surface area contributed by atoms with Crippen LogP contribution in [0.3, 0.4) is 0 Å². The van der Waals surface area contributed by atoms with Gasteiger partial charge in [-0.15, -0.1) is 0 Å². The quantitative estimate of drug-likeness (QED) is 0.527. The van der Waals surface area contributed by atoms with Gasteiger partial charge >= 0.3 is 0 Å². The molecule has 1 aromatic rings. The summed E-state index contributed by atoms with van der Waals surface area (Å²) >= 11 is 0. The Bertz CT molecular complexity index is 529. The minimum absolute atomic E-state index is 0.129. The fraction of sp³-hybridized carbons (Fsp3) is 0.600. The highest BCUT2D eigenvalue weighted by Crippen LogP contribution is 2.16. The Morgan fingerprint density at radius 2 is 1.62 bits per heavy atom. The lowest BCUT2D eigenvalue weighted by molar-refractivity contribution is -0.128. The van der Waals surface area contributed by atoms with Crippen molar-refractivity contribution in [1.82, 2.24) is 5.32 Å². The van der Waals surface area contributed by atoms with Gasteiger partial charge in [0.25, 0.3) is 0 Å². The molecule has 6 nitrogen and oxygen atoms in total. The van der Waals surface area contributed by atoms with Crippen molar-refractivity contribution in [3.05, 3.63) is 29.8 Å². The van der Waals surface area contributed by atoms with Crippen molar-refractivity contribution < 1.29 is 19.1 Å². The maximum absolute atomic E-state index is 11.8. The fourth-order valence-electron chi connectivity index (χ4n) is 2.19. The molecule has 2 amide bonds. The molecule has 1 rings (SSSR count). The molecule has 0 aromatic heterocycles. The van der Waals surface area contributed by atoms with Gasteiger partial charge in [-0.2, -0.15) is 0 Å². The first-order valence-electron chi connectivity index (χ1n) is 9.35. The largest absolute Gasteiger partial charge is 0.381 e. The molecule has 0 unspecified atom stereocenters. The molecule has 2 N–H and O–H groups in total. The third-order valence-electron chi connectivity index (χ3n) is 3.76. The van der Waals surface area contributed by atoms with Gasteiger partial charge in [-0.3, -0.25) is 9.59 Å². The zero-order chi connectivity index (χ0) is 19.2. The van der Waals surface area contributed by atoms with Crippen LogP contribution in [0.15, 0.2) is 24.3 Å². The van der Waals surface area contributed by atoms with Gasteiger partial charge in [-0.1, -0.05) is 39.3 Å². The molecule has 0 heterocycles. The number of nitrogens with one attached hydrogen (secondary N) is 2. The lowest BCUT2D eigenvalue weighted by Gasteiger charge is -2.09. The van der Waals surface area contributed by atoms with Gasteiger partial charge in [0.1, 0.15) is 13.2 Å². The number of unbranched alkanes of at least 4 members (excludes halogenated alkanes) is 1. The van der Waals surface area contributed by atoms with Crippen LogP contribution in [0, 0.1) is 0 Å². The molecule has 146 valence electrons. The fourth-order valence-corrected chi connectivity index (χ4v) is 2.19. The summed E-state index contributed by atoms with van der Waals surface area (Å²) in [6.45, 7) is 8.02. The van der Waals surface area contributed by atoms with E-state index in [1.165, 1.54) is 5.56 Å². The molecule has 0 aliphatic heterocycles. The van der Waals surface area contributed by atoms with Crippen LogP contribution in [0.4, 0.5) is 5.69 Å². The van der Waals surface area contributed by atoms with Crippen LogP contribution in [-0.4, -0.2) is 44.8 Å². The summed E-state index contributed by atoms with van der Waals surface area (Å²) in [7, 11) is 0. The van der Waals surface area contributed by atoms with Crippen LogP contribution in [-0.2, 0) is 19.1 Å². The Morgan fingerprint density at radius 1 is 0.962 bits per heavy atom. The van der Waals surface area contributed by atoms with Crippen LogP contribution in [0.1, 0.15) is 51.5 Å². The Labute approximate surface area is 156 Å². The van der Waals surface area contributed by atoms with Crippen molar-refractivity contribution in [2.45, 2.75) is 46.0 Å². The van der Waals surface area contributed by atoms with E-state index in [2.05, 4.69) is 31.4 Å². The first-order chi connectivity index (χ1) is 12.5.